The van der Waals surface area contributed by atoms with Gasteiger partial charge < -0.3 is 0 Å². The topological polar surface area (TPSA) is 42.3 Å². The van der Waals surface area contributed by atoms with Gasteiger partial charge in [-0.2, -0.15) is 0 Å². The van der Waals surface area contributed by atoms with Gasteiger partial charge in [0.15, 0.2) is 5.78 Å². The van der Waals surface area contributed by atoms with Crippen LogP contribution in [0.25, 0.3) is 6.08 Å². The first-order chi connectivity index (χ1) is 10.2. The molecule has 0 fully saturated rings. The molecule has 1 aromatic heterocycles. The van der Waals surface area contributed by atoms with E-state index in [2.05, 4.69) is 28.2 Å². The quantitative estimate of drug-likeness (QED) is 0.802. The zero-order chi connectivity index (χ0) is 14.4. The van der Waals surface area contributed by atoms with E-state index in [1.807, 2.05) is 25.3 Å². The maximum absolute atomic E-state index is 11.5. The summed E-state index contributed by atoms with van der Waals surface area (Å²) in [5.74, 6) is 0.173. The van der Waals surface area contributed by atoms with E-state index < -0.39 is 0 Å². The summed E-state index contributed by atoms with van der Waals surface area (Å²) >= 11 is 0. The van der Waals surface area contributed by atoms with Gasteiger partial charge in [-0.3, -0.25) is 14.8 Å². The van der Waals surface area contributed by atoms with Crippen molar-refractivity contribution in [3.8, 4) is 0 Å². The molecule has 0 amide bonds. The van der Waals surface area contributed by atoms with Gasteiger partial charge in [0.05, 0.1) is 12.3 Å². The minimum atomic E-state index is 0.173. The number of carbonyl (C=O) groups excluding carboxylic acids is 1. The van der Waals surface area contributed by atoms with Gasteiger partial charge in [0.2, 0.25) is 0 Å². The highest BCUT2D eigenvalue weighted by Crippen LogP contribution is 2.29. The fourth-order valence-electron chi connectivity index (χ4n) is 2.99. The van der Waals surface area contributed by atoms with E-state index in [1.54, 1.807) is 6.08 Å². The largest absolute Gasteiger partial charge is 0.294 e. The second-order valence-electron chi connectivity index (χ2n) is 5.54. The van der Waals surface area contributed by atoms with E-state index in [1.165, 1.54) is 11.1 Å². The molecule has 0 spiro atoms. The fourth-order valence-corrected chi connectivity index (χ4v) is 2.99. The van der Waals surface area contributed by atoms with Crippen molar-refractivity contribution in [2.75, 3.05) is 0 Å². The Bertz CT molecular complexity index is 831. The molecule has 0 bridgehead atoms. The Hall–Kier alpha value is -2.55. The number of fused-ring (bicyclic) bond motifs is 2. The molecule has 0 radical (unpaired) electrons. The Morgan fingerprint density at radius 3 is 2.86 bits per heavy atom. The van der Waals surface area contributed by atoms with Crippen molar-refractivity contribution in [1.29, 1.82) is 0 Å². The van der Waals surface area contributed by atoms with Gasteiger partial charge in [0, 0.05) is 29.4 Å². The standard InChI is InChI=1S/C18H14N2O/c1-11-6-13(4-5-19-11)18-17-9-12-2-3-16(21)8-14(12)7-15(17)10-20-18/h2-7,9H,8,10H2,1H3. The lowest BCUT2D eigenvalue weighted by atomic mass is 9.90. The predicted octanol–water partition coefficient (Wildman–Crippen LogP) is 2.88. The minimum absolute atomic E-state index is 0.173. The van der Waals surface area contributed by atoms with Crippen LogP contribution in [-0.4, -0.2) is 16.5 Å². The second kappa shape index (κ2) is 4.48. The van der Waals surface area contributed by atoms with E-state index in [4.69, 9.17) is 0 Å². The number of aliphatic imine (C=N–C) groups is 1. The molecule has 0 atom stereocenters. The van der Waals surface area contributed by atoms with Crippen molar-refractivity contribution in [2.45, 2.75) is 19.9 Å². The number of hydrogen-bond donors (Lipinski definition) is 0. The summed E-state index contributed by atoms with van der Waals surface area (Å²) < 4.78 is 0. The number of nitrogens with zero attached hydrogens (tertiary/aromatic N) is 2. The summed E-state index contributed by atoms with van der Waals surface area (Å²) in [6, 6.07) is 8.36. The molecular weight excluding hydrogens is 260 g/mol. The van der Waals surface area contributed by atoms with Crippen LogP contribution >= 0.6 is 0 Å². The molecule has 21 heavy (non-hydrogen) atoms. The molecule has 2 aromatic rings. The van der Waals surface area contributed by atoms with Crippen molar-refractivity contribution in [2.24, 2.45) is 4.99 Å². The third-order valence-corrected chi connectivity index (χ3v) is 4.01. The third-order valence-electron chi connectivity index (χ3n) is 4.01. The smallest absolute Gasteiger partial charge is 0.160 e. The number of hydrogen-bond acceptors (Lipinski definition) is 3. The van der Waals surface area contributed by atoms with Crippen LogP contribution < -0.4 is 0 Å². The van der Waals surface area contributed by atoms with Gasteiger partial charge >= 0.3 is 0 Å². The zero-order valence-corrected chi connectivity index (χ0v) is 11.8. The van der Waals surface area contributed by atoms with Crippen molar-refractivity contribution < 1.29 is 4.79 Å². The highest BCUT2D eigenvalue weighted by atomic mass is 16.1. The van der Waals surface area contributed by atoms with Crippen LogP contribution in [0.15, 0.2) is 41.5 Å². The monoisotopic (exact) mass is 274 g/mol. The van der Waals surface area contributed by atoms with E-state index >= 15 is 0 Å². The molecule has 2 heterocycles. The first-order valence-corrected chi connectivity index (χ1v) is 7.05. The minimum Gasteiger partial charge on any atom is -0.294 e. The number of benzene rings is 1. The van der Waals surface area contributed by atoms with Crippen LogP contribution in [0, 0.1) is 6.92 Å². The lowest BCUT2D eigenvalue weighted by Gasteiger charge is -2.13. The Morgan fingerprint density at radius 1 is 1.10 bits per heavy atom. The molecular formula is C18H14N2O. The van der Waals surface area contributed by atoms with Gasteiger partial charge in [0.1, 0.15) is 0 Å². The molecule has 102 valence electrons. The van der Waals surface area contributed by atoms with Gasteiger partial charge in [-0.05, 0) is 47.9 Å². The number of aryl methyl sites for hydroxylation is 1. The number of carbonyl (C=O) groups is 1. The summed E-state index contributed by atoms with van der Waals surface area (Å²) in [4.78, 5) is 20.5. The molecule has 0 N–H and O–H groups in total. The molecule has 0 unspecified atom stereocenters. The summed E-state index contributed by atoms with van der Waals surface area (Å²) in [6.45, 7) is 2.68. The molecule has 3 nitrogen and oxygen atoms in total. The molecule has 1 aliphatic heterocycles. The summed E-state index contributed by atoms with van der Waals surface area (Å²) in [5, 5.41) is 0. The Kier molecular flexibility index (Phi) is 2.61. The number of allylic oxidation sites excluding steroid dienone is 1. The maximum Gasteiger partial charge on any atom is 0.160 e. The lowest BCUT2D eigenvalue weighted by molar-refractivity contribution is -0.114. The SMILES string of the molecule is Cc1cc(C2=NCc3cc4c(cc32)C=CC(=O)C4)ccn1. The van der Waals surface area contributed by atoms with E-state index in [-0.39, 0.29) is 5.78 Å². The first kappa shape index (κ1) is 12.2. The summed E-state index contributed by atoms with van der Waals surface area (Å²) in [6.07, 6.45) is 5.90. The van der Waals surface area contributed by atoms with Crippen molar-refractivity contribution in [3.05, 3.63) is 70.0 Å². The van der Waals surface area contributed by atoms with Crippen molar-refractivity contribution in [1.82, 2.24) is 4.98 Å². The average Bonchev–Trinajstić information content (AvgIpc) is 2.87. The second-order valence-corrected chi connectivity index (χ2v) is 5.54. The molecule has 4 rings (SSSR count). The van der Waals surface area contributed by atoms with Crippen LogP contribution in [0.5, 0.6) is 0 Å². The van der Waals surface area contributed by atoms with Gasteiger partial charge in [-0.1, -0.05) is 12.1 Å². The highest BCUT2D eigenvalue weighted by Gasteiger charge is 2.21. The number of aromatic nitrogens is 1. The van der Waals surface area contributed by atoms with Crippen LogP contribution in [0.2, 0.25) is 0 Å². The molecule has 1 aliphatic carbocycles. The van der Waals surface area contributed by atoms with Crippen molar-refractivity contribution in [3.63, 3.8) is 0 Å². The molecule has 1 aromatic carbocycles. The van der Waals surface area contributed by atoms with Crippen LogP contribution in [-0.2, 0) is 17.8 Å². The van der Waals surface area contributed by atoms with Gasteiger partial charge in [-0.15, -0.1) is 0 Å². The van der Waals surface area contributed by atoms with Crippen molar-refractivity contribution >= 4 is 17.6 Å². The van der Waals surface area contributed by atoms with E-state index in [9.17, 15) is 4.79 Å². The summed E-state index contributed by atoms with van der Waals surface area (Å²) in [7, 11) is 0. The molecule has 3 heteroatoms. The average molecular weight is 274 g/mol. The zero-order valence-electron chi connectivity index (χ0n) is 11.8. The van der Waals surface area contributed by atoms with Crippen LogP contribution in [0.3, 0.4) is 0 Å². The lowest BCUT2D eigenvalue weighted by Crippen LogP contribution is -2.08. The molecule has 2 aliphatic rings. The third kappa shape index (κ3) is 2.02. The van der Waals surface area contributed by atoms with Crippen LogP contribution in [0.1, 0.15) is 33.5 Å². The Labute approximate surface area is 123 Å². The van der Waals surface area contributed by atoms with E-state index in [0.29, 0.717) is 13.0 Å². The molecule has 0 saturated carbocycles. The number of pyridine rings is 1. The maximum atomic E-state index is 11.5. The number of ketones is 1. The van der Waals surface area contributed by atoms with E-state index in [0.717, 1.165) is 28.1 Å². The van der Waals surface area contributed by atoms with Crippen LogP contribution in [0.4, 0.5) is 0 Å². The van der Waals surface area contributed by atoms with Gasteiger partial charge in [0.25, 0.3) is 0 Å². The highest BCUT2D eigenvalue weighted by molar-refractivity contribution is 6.15. The number of rotatable bonds is 1. The summed E-state index contributed by atoms with van der Waals surface area (Å²) in [5.41, 5.74) is 7.77. The Morgan fingerprint density at radius 2 is 2.00 bits per heavy atom. The van der Waals surface area contributed by atoms with Gasteiger partial charge in [-0.25, -0.2) is 0 Å². The first-order valence-electron chi connectivity index (χ1n) is 7.05. The fraction of sp³-hybridized carbons (Fsp3) is 0.167. The normalized spacial score (nSPS) is 15.7. The molecule has 0 saturated heterocycles. The Balaban J connectivity index is 1.82. The predicted molar refractivity (Wildman–Crippen MR) is 82.5 cm³/mol.